The average Bonchev–Trinajstić information content (AvgIpc) is 3.24. The molecule has 0 aromatic carbocycles. The highest BCUT2D eigenvalue weighted by Gasteiger charge is 2.57. The van der Waals surface area contributed by atoms with E-state index in [9.17, 15) is 5.11 Å². The molecular formula is C17H25N5O4. The molecule has 2 fully saturated rings. The highest BCUT2D eigenvalue weighted by molar-refractivity contribution is 5.81. The van der Waals surface area contributed by atoms with Crippen LogP contribution in [-0.4, -0.2) is 54.8 Å². The third-order valence-corrected chi connectivity index (χ3v) is 4.96. The van der Waals surface area contributed by atoms with Gasteiger partial charge in [0.25, 0.3) is 0 Å². The fourth-order valence-electron chi connectivity index (χ4n) is 3.77. The van der Waals surface area contributed by atoms with Gasteiger partial charge < -0.3 is 25.1 Å². The first-order chi connectivity index (χ1) is 12.4. The van der Waals surface area contributed by atoms with Crippen LogP contribution in [0.2, 0.25) is 0 Å². The van der Waals surface area contributed by atoms with Crippen molar-refractivity contribution in [2.24, 2.45) is 0 Å². The molecule has 4 rings (SSSR count). The van der Waals surface area contributed by atoms with Gasteiger partial charge >= 0.3 is 0 Å². The maximum absolute atomic E-state index is 10.6. The Hall–Kier alpha value is -1.81. The number of hydrogen-bond donors (Lipinski definition) is 2. The average molecular weight is 363 g/mol. The maximum Gasteiger partial charge on any atom is 0.167 e. The zero-order valence-electron chi connectivity index (χ0n) is 15.2. The summed E-state index contributed by atoms with van der Waals surface area (Å²) >= 11 is 0. The van der Waals surface area contributed by atoms with Crippen molar-refractivity contribution in [2.75, 3.05) is 5.73 Å². The molecule has 2 aromatic rings. The summed E-state index contributed by atoms with van der Waals surface area (Å²) in [6.45, 7) is 5.82. The van der Waals surface area contributed by atoms with Crippen molar-refractivity contribution >= 4 is 17.0 Å². The van der Waals surface area contributed by atoms with Gasteiger partial charge in [-0.3, -0.25) is 4.57 Å². The van der Waals surface area contributed by atoms with Crippen molar-refractivity contribution in [1.82, 2.24) is 19.5 Å². The van der Waals surface area contributed by atoms with Crippen LogP contribution in [0.5, 0.6) is 0 Å². The Morgan fingerprint density at radius 1 is 1.27 bits per heavy atom. The second-order valence-corrected chi connectivity index (χ2v) is 7.35. The molecule has 2 aromatic heterocycles. The molecule has 2 aliphatic heterocycles. The van der Waals surface area contributed by atoms with Gasteiger partial charge in [-0.2, -0.15) is 0 Å². The fourth-order valence-corrected chi connectivity index (χ4v) is 3.77. The van der Waals surface area contributed by atoms with Gasteiger partial charge in [0, 0.05) is 0 Å². The number of aliphatic hydroxyl groups excluding tert-OH is 1. The molecule has 9 nitrogen and oxygen atoms in total. The standard InChI is InChI=1S/C17H25N5O4/c1-4-5-6-9(23)11-12-13(26-17(2,3)25-12)16(24-11)22-8-21-10-14(18)19-7-20-15(10)22/h7-9,11-13,16,23H,4-6H2,1-3H3,(H2,18,19,20)/t9?,11-,12-,13-,16-/m1/s1. The first kappa shape index (κ1) is 17.6. The molecule has 4 heterocycles. The van der Waals surface area contributed by atoms with Crippen LogP contribution in [0.3, 0.4) is 0 Å². The molecule has 0 spiro atoms. The number of unbranched alkanes of at least 4 members (excludes halogenated alkanes) is 1. The number of fused-ring (bicyclic) bond motifs is 2. The molecule has 2 saturated heterocycles. The van der Waals surface area contributed by atoms with Gasteiger partial charge in [-0.25, -0.2) is 15.0 Å². The summed E-state index contributed by atoms with van der Waals surface area (Å²) in [6.07, 6.45) is 3.24. The SMILES string of the molecule is CCCCC(O)[C@H]1O[C@@H](n2cnc3c(N)ncnc32)[C@@H]2OC(C)(C)O[C@@H]21. The van der Waals surface area contributed by atoms with Crippen LogP contribution in [0.15, 0.2) is 12.7 Å². The van der Waals surface area contributed by atoms with E-state index in [0.29, 0.717) is 23.4 Å². The zero-order valence-corrected chi connectivity index (χ0v) is 15.2. The van der Waals surface area contributed by atoms with Crippen LogP contribution in [0.25, 0.3) is 11.2 Å². The first-order valence-corrected chi connectivity index (χ1v) is 9.03. The number of nitrogens with two attached hydrogens (primary N) is 1. The topological polar surface area (TPSA) is 118 Å². The van der Waals surface area contributed by atoms with Crippen LogP contribution in [-0.2, 0) is 14.2 Å². The minimum absolute atomic E-state index is 0.312. The lowest BCUT2D eigenvalue weighted by molar-refractivity contribution is -0.207. The summed E-state index contributed by atoms with van der Waals surface area (Å²) in [5, 5.41) is 10.6. The maximum atomic E-state index is 10.6. The Balaban J connectivity index is 1.68. The largest absolute Gasteiger partial charge is 0.390 e. The van der Waals surface area contributed by atoms with Gasteiger partial charge in [-0.15, -0.1) is 0 Å². The van der Waals surface area contributed by atoms with Gasteiger partial charge in [0.1, 0.15) is 30.2 Å². The van der Waals surface area contributed by atoms with Crippen molar-refractivity contribution < 1.29 is 19.3 Å². The van der Waals surface area contributed by atoms with E-state index in [-0.39, 0.29) is 12.2 Å². The Kier molecular flexibility index (Phi) is 4.34. The molecule has 0 bridgehead atoms. The van der Waals surface area contributed by atoms with Crippen LogP contribution in [0.1, 0.15) is 46.3 Å². The van der Waals surface area contributed by atoms with Gasteiger partial charge in [0.15, 0.2) is 23.5 Å². The monoisotopic (exact) mass is 363 g/mol. The number of rotatable bonds is 5. The van der Waals surface area contributed by atoms with Crippen LogP contribution >= 0.6 is 0 Å². The lowest BCUT2D eigenvalue weighted by Gasteiger charge is -2.26. The van der Waals surface area contributed by atoms with Gasteiger partial charge in [0.05, 0.1) is 12.4 Å². The second-order valence-electron chi connectivity index (χ2n) is 7.35. The number of imidazole rings is 1. The van der Waals surface area contributed by atoms with Gasteiger partial charge in [-0.05, 0) is 20.3 Å². The van der Waals surface area contributed by atoms with Gasteiger partial charge in [0.2, 0.25) is 0 Å². The molecule has 2 aliphatic rings. The Morgan fingerprint density at radius 3 is 2.81 bits per heavy atom. The lowest BCUT2D eigenvalue weighted by atomic mass is 10.0. The molecule has 9 heteroatoms. The van der Waals surface area contributed by atoms with E-state index in [4.69, 9.17) is 19.9 Å². The molecule has 0 aliphatic carbocycles. The zero-order chi connectivity index (χ0) is 18.5. The number of aliphatic hydroxyl groups is 1. The fraction of sp³-hybridized carbons (Fsp3) is 0.706. The number of nitrogen functional groups attached to an aromatic ring is 1. The van der Waals surface area contributed by atoms with Crippen molar-refractivity contribution in [3.05, 3.63) is 12.7 Å². The van der Waals surface area contributed by atoms with E-state index >= 15 is 0 Å². The predicted octanol–water partition coefficient (Wildman–Crippen LogP) is 1.38. The van der Waals surface area contributed by atoms with Gasteiger partial charge in [-0.1, -0.05) is 19.8 Å². The number of aromatic nitrogens is 4. The molecular weight excluding hydrogens is 338 g/mol. The smallest absolute Gasteiger partial charge is 0.167 e. The lowest BCUT2D eigenvalue weighted by Crippen LogP contribution is -2.38. The van der Waals surface area contributed by atoms with E-state index in [0.717, 1.165) is 12.8 Å². The number of ether oxygens (including phenoxy) is 3. The molecule has 3 N–H and O–H groups in total. The normalized spacial score (nSPS) is 31.4. The summed E-state index contributed by atoms with van der Waals surface area (Å²) in [6, 6.07) is 0. The molecule has 0 radical (unpaired) electrons. The molecule has 26 heavy (non-hydrogen) atoms. The van der Waals surface area contributed by atoms with E-state index < -0.39 is 24.2 Å². The Bertz CT molecular complexity index is 795. The minimum Gasteiger partial charge on any atom is -0.390 e. The first-order valence-electron chi connectivity index (χ1n) is 9.03. The third-order valence-electron chi connectivity index (χ3n) is 4.96. The third kappa shape index (κ3) is 2.84. The van der Waals surface area contributed by atoms with Crippen molar-refractivity contribution in [3.8, 4) is 0 Å². The minimum atomic E-state index is -0.746. The Labute approximate surface area is 151 Å². The molecule has 5 atom stereocenters. The van der Waals surface area contributed by atoms with Crippen molar-refractivity contribution in [1.29, 1.82) is 0 Å². The summed E-state index contributed by atoms with van der Waals surface area (Å²) < 4.78 is 20.1. The van der Waals surface area contributed by atoms with Crippen LogP contribution < -0.4 is 5.73 Å². The molecule has 0 saturated carbocycles. The van der Waals surface area contributed by atoms with E-state index in [1.165, 1.54) is 6.33 Å². The quantitative estimate of drug-likeness (QED) is 0.818. The highest BCUT2D eigenvalue weighted by atomic mass is 16.8. The van der Waals surface area contributed by atoms with Crippen LogP contribution in [0, 0.1) is 0 Å². The Morgan fingerprint density at radius 2 is 2.04 bits per heavy atom. The summed E-state index contributed by atoms with van der Waals surface area (Å²) in [5.74, 6) is -0.434. The highest BCUT2D eigenvalue weighted by Crippen LogP contribution is 2.45. The van der Waals surface area contributed by atoms with Crippen LogP contribution in [0.4, 0.5) is 5.82 Å². The number of anilines is 1. The predicted molar refractivity (Wildman–Crippen MR) is 93.0 cm³/mol. The summed E-state index contributed by atoms with van der Waals surface area (Å²) in [5.41, 5.74) is 6.97. The summed E-state index contributed by atoms with van der Waals surface area (Å²) in [4.78, 5) is 12.6. The molecule has 1 unspecified atom stereocenters. The van der Waals surface area contributed by atoms with E-state index in [1.54, 1.807) is 10.9 Å². The van der Waals surface area contributed by atoms with E-state index in [1.807, 2.05) is 13.8 Å². The number of hydrogen-bond acceptors (Lipinski definition) is 8. The summed E-state index contributed by atoms with van der Waals surface area (Å²) in [7, 11) is 0. The second kappa shape index (κ2) is 6.41. The van der Waals surface area contributed by atoms with E-state index in [2.05, 4.69) is 21.9 Å². The molecule has 142 valence electrons. The molecule has 0 amide bonds. The van der Waals surface area contributed by atoms with Crippen molar-refractivity contribution in [3.63, 3.8) is 0 Å². The number of nitrogens with zero attached hydrogens (tertiary/aromatic N) is 4. The van der Waals surface area contributed by atoms with Crippen molar-refractivity contribution in [2.45, 2.75) is 76.5 Å².